The molecule has 122 valence electrons. The van der Waals surface area contributed by atoms with Crippen LogP contribution in [-0.2, 0) is 6.42 Å². The average molecular weight is 314 g/mol. The Morgan fingerprint density at radius 2 is 2.04 bits per heavy atom. The number of nitrogens with two attached hydrogens (primary N) is 2. The highest BCUT2D eigenvalue weighted by atomic mass is 19.1. The van der Waals surface area contributed by atoms with E-state index in [0.29, 0.717) is 5.56 Å². The van der Waals surface area contributed by atoms with Crippen LogP contribution in [0.5, 0.6) is 0 Å². The van der Waals surface area contributed by atoms with Crippen LogP contribution in [0.25, 0.3) is 5.57 Å². The van der Waals surface area contributed by atoms with Crippen LogP contribution in [0, 0.1) is 5.82 Å². The van der Waals surface area contributed by atoms with Crippen molar-refractivity contribution in [2.75, 3.05) is 0 Å². The molecule has 4 rings (SSSR count). The van der Waals surface area contributed by atoms with Crippen LogP contribution in [0.2, 0.25) is 0 Å². The lowest BCUT2D eigenvalue weighted by Gasteiger charge is -2.29. The van der Waals surface area contributed by atoms with Gasteiger partial charge in [0.15, 0.2) is 0 Å². The third-order valence-corrected chi connectivity index (χ3v) is 5.84. The summed E-state index contributed by atoms with van der Waals surface area (Å²) >= 11 is 0. The van der Waals surface area contributed by atoms with Crippen LogP contribution in [0.1, 0.15) is 77.9 Å². The highest BCUT2D eigenvalue weighted by molar-refractivity contribution is 5.98. The van der Waals surface area contributed by atoms with Gasteiger partial charge in [-0.15, -0.1) is 0 Å². The van der Waals surface area contributed by atoms with Crippen LogP contribution in [0.4, 0.5) is 4.39 Å². The van der Waals surface area contributed by atoms with Crippen LogP contribution < -0.4 is 11.5 Å². The zero-order valence-corrected chi connectivity index (χ0v) is 13.3. The van der Waals surface area contributed by atoms with Gasteiger partial charge in [0.1, 0.15) is 5.82 Å². The largest absolute Gasteiger partial charge is 0.366 e. The first-order valence-corrected chi connectivity index (χ1v) is 8.68. The van der Waals surface area contributed by atoms with E-state index in [2.05, 4.69) is 0 Å². The van der Waals surface area contributed by atoms with E-state index in [1.54, 1.807) is 0 Å². The predicted octanol–water partition coefficient (Wildman–Crippen LogP) is 3.40. The first-order valence-electron chi connectivity index (χ1n) is 8.68. The van der Waals surface area contributed by atoms with Crippen molar-refractivity contribution < 1.29 is 9.18 Å². The summed E-state index contributed by atoms with van der Waals surface area (Å²) in [6, 6.07) is 1.52. The minimum Gasteiger partial charge on any atom is -0.366 e. The third kappa shape index (κ3) is 2.31. The van der Waals surface area contributed by atoms with E-state index in [4.69, 9.17) is 11.5 Å². The maximum Gasteiger partial charge on any atom is 0.249 e. The van der Waals surface area contributed by atoms with Crippen molar-refractivity contribution in [1.82, 2.24) is 0 Å². The standard InChI is InChI=1S/C19H23FN2O/c20-16-9-15(19(22)23)14-8-10-3-2-6-13(10)18(14)17(16)11-4-1-5-12(21)7-11/h9,11-12H,1-8,21H2,(H2,22,23)/t11?,12-/m0/s1. The van der Waals surface area contributed by atoms with Crippen molar-refractivity contribution in [2.24, 2.45) is 11.5 Å². The van der Waals surface area contributed by atoms with Crippen molar-refractivity contribution in [2.45, 2.75) is 63.3 Å². The molecule has 1 aromatic rings. The van der Waals surface area contributed by atoms with Gasteiger partial charge in [-0.2, -0.15) is 0 Å². The van der Waals surface area contributed by atoms with E-state index in [9.17, 15) is 9.18 Å². The highest BCUT2D eigenvalue weighted by Crippen LogP contribution is 2.49. The Morgan fingerprint density at radius 3 is 2.78 bits per heavy atom. The fraction of sp³-hybridized carbons (Fsp3) is 0.526. The molecule has 23 heavy (non-hydrogen) atoms. The van der Waals surface area contributed by atoms with Crippen LogP contribution >= 0.6 is 0 Å². The summed E-state index contributed by atoms with van der Waals surface area (Å²) in [4.78, 5) is 11.8. The van der Waals surface area contributed by atoms with E-state index in [0.717, 1.165) is 68.1 Å². The molecule has 1 unspecified atom stereocenters. The second kappa shape index (κ2) is 5.45. The number of halogens is 1. The number of primary amides is 1. The van der Waals surface area contributed by atoms with Gasteiger partial charge in [0, 0.05) is 11.6 Å². The SMILES string of the molecule is NC(=O)c1cc(F)c(C2CCC[C@H](N)C2)c2c1CC1=C2CCC1. The average Bonchev–Trinajstić information content (AvgIpc) is 3.07. The lowest BCUT2D eigenvalue weighted by molar-refractivity contribution is 0.0999. The summed E-state index contributed by atoms with van der Waals surface area (Å²) in [5.74, 6) is -0.618. The van der Waals surface area contributed by atoms with Gasteiger partial charge in [0.2, 0.25) is 5.91 Å². The fourth-order valence-corrected chi connectivity index (χ4v) is 4.86. The maximum absolute atomic E-state index is 15.0. The zero-order valence-electron chi connectivity index (χ0n) is 13.3. The van der Waals surface area contributed by atoms with Crippen LogP contribution in [-0.4, -0.2) is 11.9 Å². The molecule has 3 aliphatic rings. The maximum atomic E-state index is 15.0. The number of allylic oxidation sites excluding steroid dienone is 2. The van der Waals surface area contributed by atoms with Gasteiger partial charge in [-0.25, -0.2) is 4.39 Å². The number of amides is 1. The van der Waals surface area contributed by atoms with Crippen molar-refractivity contribution in [1.29, 1.82) is 0 Å². The topological polar surface area (TPSA) is 69.1 Å². The van der Waals surface area contributed by atoms with Crippen LogP contribution in [0.15, 0.2) is 11.6 Å². The number of fused-ring (bicyclic) bond motifs is 2. The lowest BCUT2D eigenvalue weighted by Crippen LogP contribution is -2.28. The van der Waals surface area contributed by atoms with Gasteiger partial charge in [0.25, 0.3) is 0 Å². The Hall–Kier alpha value is -1.68. The molecule has 0 aliphatic heterocycles. The summed E-state index contributed by atoms with van der Waals surface area (Å²) in [7, 11) is 0. The van der Waals surface area contributed by atoms with Crippen molar-refractivity contribution in [3.63, 3.8) is 0 Å². The second-order valence-electron chi connectivity index (χ2n) is 7.27. The summed E-state index contributed by atoms with van der Waals surface area (Å²) in [5.41, 5.74) is 17.5. The molecular weight excluding hydrogens is 291 g/mol. The molecule has 2 atom stereocenters. The smallest absolute Gasteiger partial charge is 0.249 e. The van der Waals surface area contributed by atoms with Gasteiger partial charge in [-0.05, 0) is 79.2 Å². The Balaban J connectivity index is 1.89. The van der Waals surface area contributed by atoms with Crippen molar-refractivity contribution in [3.05, 3.63) is 39.7 Å². The number of carbonyl (C=O) groups is 1. The molecule has 0 saturated heterocycles. The van der Waals surface area contributed by atoms with Gasteiger partial charge in [0.05, 0.1) is 0 Å². The van der Waals surface area contributed by atoms with Gasteiger partial charge >= 0.3 is 0 Å². The molecule has 0 aromatic heterocycles. The summed E-state index contributed by atoms with van der Waals surface area (Å²) < 4.78 is 15.0. The minimum atomic E-state index is -0.520. The first-order chi connectivity index (χ1) is 11.1. The molecule has 1 aromatic carbocycles. The number of hydrogen-bond acceptors (Lipinski definition) is 2. The van der Waals surface area contributed by atoms with E-state index < -0.39 is 5.91 Å². The molecule has 1 fully saturated rings. The molecule has 1 amide bonds. The van der Waals surface area contributed by atoms with Gasteiger partial charge < -0.3 is 11.5 Å². The van der Waals surface area contributed by atoms with Crippen LogP contribution in [0.3, 0.4) is 0 Å². The van der Waals surface area contributed by atoms with Crippen molar-refractivity contribution >= 4 is 11.5 Å². The molecule has 4 heteroatoms. The predicted molar refractivity (Wildman–Crippen MR) is 88.6 cm³/mol. The zero-order chi connectivity index (χ0) is 16.1. The van der Waals surface area contributed by atoms with E-state index in [-0.39, 0.29) is 17.8 Å². The number of rotatable bonds is 2. The van der Waals surface area contributed by atoms with E-state index >= 15 is 0 Å². The molecule has 3 aliphatic carbocycles. The molecular formula is C19H23FN2O. The highest BCUT2D eigenvalue weighted by Gasteiger charge is 2.35. The normalized spacial score (nSPS) is 26.3. The van der Waals surface area contributed by atoms with Gasteiger partial charge in [-0.3, -0.25) is 4.79 Å². The number of benzene rings is 1. The molecule has 0 heterocycles. The molecule has 0 spiro atoms. The number of hydrogen-bond donors (Lipinski definition) is 2. The Bertz CT molecular complexity index is 723. The Morgan fingerprint density at radius 1 is 1.22 bits per heavy atom. The molecule has 0 radical (unpaired) electrons. The Kier molecular flexibility index (Phi) is 3.52. The quantitative estimate of drug-likeness (QED) is 0.878. The first kappa shape index (κ1) is 14.9. The molecule has 0 bridgehead atoms. The summed E-state index contributed by atoms with van der Waals surface area (Å²) in [5, 5.41) is 0. The van der Waals surface area contributed by atoms with E-state index in [1.807, 2.05) is 0 Å². The molecule has 1 saturated carbocycles. The minimum absolute atomic E-state index is 0.151. The van der Waals surface area contributed by atoms with E-state index in [1.165, 1.54) is 17.2 Å². The third-order valence-electron chi connectivity index (χ3n) is 5.84. The van der Waals surface area contributed by atoms with Gasteiger partial charge in [-0.1, -0.05) is 12.0 Å². The fourth-order valence-electron chi connectivity index (χ4n) is 4.86. The molecule has 4 N–H and O–H groups in total. The second-order valence-corrected chi connectivity index (χ2v) is 7.27. The monoisotopic (exact) mass is 314 g/mol. The Labute approximate surface area is 135 Å². The van der Waals surface area contributed by atoms with Crippen molar-refractivity contribution in [3.8, 4) is 0 Å². The molecule has 3 nitrogen and oxygen atoms in total. The summed E-state index contributed by atoms with van der Waals surface area (Å²) in [6.45, 7) is 0. The lowest BCUT2D eigenvalue weighted by atomic mass is 9.77. The number of carbonyl (C=O) groups excluding carboxylic acids is 1. The summed E-state index contributed by atoms with van der Waals surface area (Å²) in [6.07, 6.45) is 7.85.